The Morgan fingerprint density at radius 1 is 1.08 bits per heavy atom. The maximum atomic E-state index is 14.2. The van der Waals surface area contributed by atoms with Gasteiger partial charge in [0.05, 0.1) is 38.5 Å². The molecule has 1 saturated heterocycles. The molecule has 1 aromatic heterocycles. The predicted molar refractivity (Wildman–Crippen MR) is 126 cm³/mol. The number of fused-ring (bicyclic) bond motifs is 2. The van der Waals surface area contributed by atoms with E-state index in [0.29, 0.717) is 29.0 Å². The highest BCUT2D eigenvalue weighted by Gasteiger charge is 2.58. The fourth-order valence-corrected chi connectivity index (χ4v) is 4.67. The summed E-state index contributed by atoms with van der Waals surface area (Å²) < 4.78 is 64.4. The average Bonchev–Trinajstić information content (AvgIpc) is 3.49. The molecular formula is C25H25F3N4O5. The molecule has 1 amide bonds. The Labute approximate surface area is 210 Å². The molecule has 1 fully saturated rings. The second kappa shape index (κ2) is 10.0. The minimum Gasteiger partial charge on any atom is -0.494 e. The van der Waals surface area contributed by atoms with Crippen LogP contribution in [0, 0.1) is 0 Å². The molecule has 37 heavy (non-hydrogen) atoms. The minimum absolute atomic E-state index is 0.0333. The van der Waals surface area contributed by atoms with Crippen molar-refractivity contribution in [2.24, 2.45) is 0 Å². The third-order valence-corrected chi connectivity index (χ3v) is 6.34. The first-order chi connectivity index (χ1) is 17.8. The monoisotopic (exact) mass is 518 g/mol. The molecule has 2 N–H and O–H groups in total. The van der Waals surface area contributed by atoms with E-state index in [4.69, 9.17) is 18.6 Å². The molecule has 0 aliphatic carbocycles. The number of hydrogen-bond acceptors (Lipinski definition) is 8. The normalized spacial score (nSPS) is 21.9. The number of hydrazine groups is 1. The number of benzene rings is 2. The van der Waals surface area contributed by atoms with Gasteiger partial charge in [-0.2, -0.15) is 13.2 Å². The summed E-state index contributed by atoms with van der Waals surface area (Å²) in [5.74, 6) is -1.47. The molecule has 0 bridgehead atoms. The van der Waals surface area contributed by atoms with Gasteiger partial charge in [0.25, 0.3) is 5.91 Å². The summed E-state index contributed by atoms with van der Waals surface area (Å²) in [7, 11) is 3.00. The van der Waals surface area contributed by atoms with Crippen LogP contribution in [-0.4, -0.2) is 68.3 Å². The second-order valence-corrected chi connectivity index (χ2v) is 8.57. The number of carbonyl (C=O) groups excluding carboxylic acids is 1. The van der Waals surface area contributed by atoms with Gasteiger partial charge in [0, 0.05) is 7.11 Å². The fourth-order valence-electron chi connectivity index (χ4n) is 4.67. The molecule has 0 spiro atoms. The Hall–Kier alpha value is -3.61. The van der Waals surface area contributed by atoms with Crippen LogP contribution in [0.3, 0.4) is 0 Å². The van der Waals surface area contributed by atoms with Crippen molar-refractivity contribution in [2.45, 2.75) is 24.3 Å². The minimum atomic E-state index is -4.62. The van der Waals surface area contributed by atoms with Crippen LogP contribution in [0.4, 0.5) is 13.2 Å². The van der Waals surface area contributed by atoms with Crippen LogP contribution >= 0.6 is 0 Å². The van der Waals surface area contributed by atoms with Gasteiger partial charge >= 0.3 is 6.18 Å². The summed E-state index contributed by atoms with van der Waals surface area (Å²) >= 11 is 0. The molecule has 2 aliphatic rings. The van der Waals surface area contributed by atoms with E-state index in [2.05, 4.69) is 15.7 Å². The molecule has 0 saturated carbocycles. The third kappa shape index (κ3) is 4.63. The van der Waals surface area contributed by atoms with Crippen LogP contribution in [0.2, 0.25) is 0 Å². The third-order valence-electron chi connectivity index (χ3n) is 6.34. The molecule has 12 heteroatoms. The first-order valence-corrected chi connectivity index (χ1v) is 11.5. The molecule has 3 heterocycles. The standard InChI is InChI=1S/C25H25F3N4O5/c1-34-11-12-36-13-15-19(23-30-20-16(35-2)9-6-10-17(20)37-23)24(33)32-22(29-15)18(14-7-4-3-5-8-14)21(31-32)25(26,27)28/h3-10,18,21-22,29,31H,11-13H2,1-2H3. The zero-order valence-corrected chi connectivity index (χ0v) is 20.0. The van der Waals surface area contributed by atoms with Crippen molar-refractivity contribution in [3.05, 3.63) is 65.7 Å². The smallest absolute Gasteiger partial charge is 0.406 e. The van der Waals surface area contributed by atoms with Crippen molar-refractivity contribution < 1.29 is 36.6 Å². The van der Waals surface area contributed by atoms with Crippen LogP contribution in [0.15, 0.2) is 58.6 Å². The molecule has 3 unspecified atom stereocenters. The number of halogens is 3. The second-order valence-electron chi connectivity index (χ2n) is 8.57. The van der Waals surface area contributed by atoms with Gasteiger partial charge in [-0.15, -0.1) is 0 Å². The van der Waals surface area contributed by atoms with Crippen LogP contribution in [0.1, 0.15) is 17.4 Å². The van der Waals surface area contributed by atoms with Gasteiger partial charge in [-0.1, -0.05) is 36.4 Å². The molecule has 2 aliphatic heterocycles. The maximum Gasteiger partial charge on any atom is 0.406 e. The first kappa shape index (κ1) is 25.1. The molecular weight excluding hydrogens is 493 g/mol. The molecule has 3 atom stereocenters. The summed E-state index contributed by atoms with van der Waals surface area (Å²) in [5, 5.41) is 4.09. The molecule has 2 aromatic carbocycles. The van der Waals surface area contributed by atoms with E-state index in [1.807, 2.05) is 0 Å². The number of ether oxygens (including phenoxy) is 3. The maximum absolute atomic E-state index is 14.2. The lowest BCUT2D eigenvalue weighted by Gasteiger charge is -2.35. The number of para-hydroxylation sites is 1. The van der Waals surface area contributed by atoms with E-state index in [1.165, 1.54) is 14.2 Å². The van der Waals surface area contributed by atoms with Crippen molar-refractivity contribution in [2.75, 3.05) is 34.0 Å². The Morgan fingerprint density at radius 3 is 2.57 bits per heavy atom. The largest absolute Gasteiger partial charge is 0.494 e. The molecule has 3 aromatic rings. The first-order valence-electron chi connectivity index (χ1n) is 11.5. The van der Waals surface area contributed by atoms with Gasteiger partial charge in [-0.05, 0) is 17.7 Å². The zero-order valence-electron chi connectivity index (χ0n) is 20.0. The topological polar surface area (TPSA) is 98.1 Å². The lowest BCUT2D eigenvalue weighted by molar-refractivity contribution is -0.161. The van der Waals surface area contributed by atoms with Gasteiger partial charge in [-0.3, -0.25) is 4.79 Å². The Balaban J connectivity index is 1.59. The van der Waals surface area contributed by atoms with Gasteiger partial charge < -0.3 is 23.9 Å². The van der Waals surface area contributed by atoms with Crippen LogP contribution in [-0.2, 0) is 14.3 Å². The Kier molecular flexibility index (Phi) is 6.80. The molecule has 9 nitrogen and oxygen atoms in total. The number of hydrogen-bond donors (Lipinski definition) is 2. The van der Waals surface area contributed by atoms with E-state index in [0.717, 1.165) is 5.01 Å². The molecule has 196 valence electrons. The summed E-state index contributed by atoms with van der Waals surface area (Å²) in [4.78, 5) is 18.2. The zero-order chi connectivity index (χ0) is 26.2. The molecule has 5 rings (SSSR count). The number of nitrogens with zero attached hydrogens (tertiary/aromatic N) is 2. The van der Waals surface area contributed by atoms with E-state index in [-0.39, 0.29) is 30.4 Å². The van der Waals surface area contributed by atoms with Gasteiger partial charge in [0.1, 0.15) is 23.5 Å². The highest BCUT2D eigenvalue weighted by Crippen LogP contribution is 2.43. The lowest BCUT2D eigenvalue weighted by Crippen LogP contribution is -2.55. The lowest BCUT2D eigenvalue weighted by atomic mass is 9.89. The summed E-state index contributed by atoms with van der Waals surface area (Å²) in [6.07, 6.45) is -5.66. The average molecular weight is 518 g/mol. The summed E-state index contributed by atoms with van der Waals surface area (Å²) in [6.45, 7) is 0.420. The number of rotatable bonds is 8. The van der Waals surface area contributed by atoms with Crippen molar-refractivity contribution >= 4 is 22.6 Å². The fraction of sp³-hybridized carbons (Fsp3) is 0.360. The van der Waals surface area contributed by atoms with Gasteiger partial charge in [0.2, 0.25) is 5.89 Å². The number of oxazole rings is 1. The number of carbonyl (C=O) groups is 1. The predicted octanol–water partition coefficient (Wildman–Crippen LogP) is 3.20. The number of methoxy groups -OCH3 is 2. The van der Waals surface area contributed by atoms with Crippen molar-refractivity contribution in [1.29, 1.82) is 0 Å². The number of alkyl halides is 3. The number of nitrogens with one attached hydrogen (secondary N) is 2. The van der Waals surface area contributed by atoms with E-state index in [1.54, 1.807) is 48.5 Å². The van der Waals surface area contributed by atoms with Crippen LogP contribution in [0.25, 0.3) is 16.7 Å². The highest BCUT2D eigenvalue weighted by atomic mass is 19.4. The summed E-state index contributed by atoms with van der Waals surface area (Å²) in [6, 6.07) is 11.3. The van der Waals surface area contributed by atoms with Crippen LogP contribution in [0.5, 0.6) is 5.75 Å². The Morgan fingerprint density at radius 2 is 1.86 bits per heavy atom. The highest BCUT2D eigenvalue weighted by molar-refractivity contribution is 6.20. The van der Waals surface area contributed by atoms with Crippen molar-refractivity contribution in [1.82, 2.24) is 20.7 Å². The van der Waals surface area contributed by atoms with Gasteiger partial charge in [0.15, 0.2) is 11.1 Å². The van der Waals surface area contributed by atoms with Crippen LogP contribution < -0.4 is 15.5 Å². The number of aromatic nitrogens is 1. The molecule has 0 radical (unpaired) electrons. The summed E-state index contributed by atoms with van der Waals surface area (Å²) in [5.41, 5.74) is 3.79. The number of amides is 1. The van der Waals surface area contributed by atoms with E-state index < -0.39 is 30.2 Å². The van der Waals surface area contributed by atoms with E-state index in [9.17, 15) is 18.0 Å². The Bertz CT molecular complexity index is 1310. The van der Waals surface area contributed by atoms with Crippen molar-refractivity contribution in [3.63, 3.8) is 0 Å². The van der Waals surface area contributed by atoms with E-state index >= 15 is 0 Å². The SMILES string of the molecule is COCCOCC1=C(c2nc3c(OC)cccc3o2)C(=O)N2NC(C(F)(F)F)C(c3ccccc3)C2N1. The van der Waals surface area contributed by atoms with Crippen molar-refractivity contribution in [3.8, 4) is 5.75 Å². The quantitative estimate of drug-likeness (QED) is 0.439. The van der Waals surface area contributed by atoms with Gasteiger partial charge in [-0.25, -0.2) is 15.4 Å².